The van der Waals surface area contributed by atoms with Crippen molar-refractivity contribution in [2.24, 2.45) is 0 Å². The predicted octanol–water partition coefficient (Wildman–Crippen LogP) is 6.77. The first-order valence-electron chi connectivity index (χ1n) is 7.54. The van der Waals surface area contributed by atoms with E-state index in [0.717, 1.165) is 6.42 Å². The van der Waals surface area contributed by atoms with E-state index in [1.54, 1.807) is 0 Å². The standard InChI is InChI=1S/C14H14.2C2H6.C2H4/c1-2-12-8-10-14(11-9-12)13-6-4-3-5-7-13;3*1-2/h3-11H,2H2,1H3;2*1-2H3;1-2H2. The molecule has 0 spiro atoms. The molecule has 2 aromatic carbocycles. The maximum absolute atomic E-state index is 3.00. The summed E-state index contributed by atoms with van der Waals surface area (Å²) in [5, 5.41) is 0. The molecule has 0 saturated carbocycles. The monoisotopic (exact) mass is 270 g/mol. The summed E-state index contributed by atoms with van der Waals surface area (Å²) >= 11 is 0. The fraction of sp³-hybridized carbons (Fsp3) is 0.300. The lowest BCUT2D eigenvalue weighted by Crippen LogP contribution is -1.80. The van der Waals surface area contributed by atoms with Gasteiger partial charge in [0, 0.05) is 0 Å². The van der Waals surface area contributed by atoms with Gasteiger partial charge in [-0.2, -0.15) is 0 Å². The molecule has 0 aliphatic rings. The number of aryl methyl sites for hydroxylation is 1. The molecule has 0 fully saturated rings. The van der Waals surface area contributed by atoms with Crippen LogP contribution in [-0.4, -0.2) is 0 Å². The SMILES string of the molecule is C=C.CC.CC.CCc1ccc(-c2ccccc2)cc1. The van der Waals surface area contributed by atoms with E-state index in [0.29, 0.717) is 0 Å². The Labute approximate surface area is 126 Å². The van der Waals surface area contributed by atoms with Gasteiger partial charge in [0.1, 0.15) is 0 Å². The van der Waals surface area contributed by atoms with Crippen molar-refractivity contribution in [1.82, 2.24) is 0 Å². The van der Waals surface area contributed by atoms with E-state index in [1.807, 2.05) is 33.8 Å². The minimum atomic E-state index is 1.11. The molecule has 20 heavy (non-hydrogen) atoms. The molecule has 0 nitrogen and oxygen atoms in total. The second kappa shape index (κ2) is 15.2. The van der Waals surface area contributed by atoms with Crippen LogP contribution in [0.5, 0.6) is 0 Å². The summed E-state index contributed by atoms with van der Waals surface area (Å²) in [4.78, 5) is 0. The number of hydrogen-bond donors (Lipinski definition) is 0. The topological polar surface area (TPSA) is 0 Å². The molecule has 0 aliphatic carbocycles. The van der Waals surface area contributed by atoms with E-state index in [2.05, 4.69) is 68.6 Å². The highest BCUT2D eigenvalue weighted by Crippen LogP contribution is 2.19. The van der Waals surface area contributed by atoms with Gasteiger partial charge >= 0.3 is 0 Å². The van der Waals surface area contributed by atoms with Gasteiger partial charge in [-0.3, -0.25) is 0 Å². The lowest BCUT2D eigenvalue weighted by Gasteiger charge is -2.02. The fourth-order valence-corrected chi connectivity index (χ4v) is 1.56. The molecular formula is C20H30. The second-order valence-corrected chi connectivity index (χ2v) is 3.42. The van der Waals surface area contributed by atoms with E-state index >= 15 is 0 Å². The molecule has 0 saturated heterocycles. The zero-order valence-corrected chi connectivity index (χ0v) is 13.8. The Hall–Kier alpha value is -1.82. The van der Waals surface area contributed by atoms with Crippen molar-refractivity contribution in [3.05, 3.63) is 73.3 Å². The first-order chi connectivity index (χ1) is 9.90. The quantitative estimate of drug-likeness (QED) is 0.528. The maximum Gasteiger partial charge on any atom is -0.0184 e. The van der Waals surface area contributed by atoms with Crippen LogP contribution in [0.3, 0.4) is 0 Å². The van der Waals surface area contributed by atoms with Gasteiger partial charge in [-0.05, 0) is 23.1 Å². The Kier molecular flexibility index (Phi) is 15.6. The highest BCUT2D eigenvalue weighted by molar-refractivity contribution is 5.63. The third kappa shape index (κ3) is 7.58. The fourth-order valence-electron chi connectivity index (χ4n) is 1.56. The molecule has 0 aromatic heterocycles. The van der Waals surface area contributed by atoms with Crippen LogP contribution >= 0.6 is 0 Å². The van der Waals surface area contributed by atoms with Gasteiger partial charge in [0.05, 0.1) is 0 Å². The molecule has 0 N–H and O–H groups in total. The smallest absolute Gasteiger partial charge is 0.0184 e. The summed E-state index contributed by atoms with van der Waals surface area (Å²) < 4.78 is 0. The van der Waals surface area contributed by atoms with Crippen LogP contribution in [0.15, 0.2) is 67.8 Å². The van der Waals surface area contributed by atoms with Crippen molar-refractivity contribution < 1.29 is 0 Å². The summed E-state index contributed by atoms with van der Waals surface area (Å²) in [6.07, 6.45) is 1.11. The van der Waals surface area contributed by atoms with Gasteiger partial charge in [-0.15, -0.1) is 13.2 Å². The highest BCUT2D eigenvalue weighted by Gasteiger charge is 1.95. The second-order valence-electron chi connectivity index (χ2n) is 3.42. The Balaban J connectivity index is 0. The van der Waals surface area contributed by atoms with Gasteiger partial charge in [0.15, 0.2) is 0 Å². The Morgan fingerprint density at radius 2 is 1.05 bits per heavy atom. The molecule has 0 heterocycles. The van der Waals surface area contributed by atoms with Crippen molar-refractivity contribution in [1.29, 1.82) is 0 Å². The minimum absolute atomic E-state index is 1.11. The lowest BCUT2D eigenvalue weighted by molar-refractivity contribution is 1.14. The van der Waals surface area contributed by atoms with E-state index in [9.17, 15) is 0 Å². The van der Waals surface area contributed by atoms with Crippen LogP contribution in [0.4, 0.5) is 0 Å². The van der Waals surface area contributed by atoms with Crippen LogP contribution in [0.25, 0.3) is 11.1 Å². The van der Waals surface area contributed by atoms with Gasteiger partial charge in [-0.25, -0.2) is 0 Å². The van der Waals surface area contributed by atoms with Gasteiger partial charge in [-0.1, -0.05) is 89.2 Å². The van der Waals surface area contributed by atoms with Crippen molar-refractivity contribution in [3.8, 4) is 11.1 Å². The van der Waals surface area contributed by atoms with Gasteiger partial charge in [0.25, 0.3) is 0 Å². The summed E-state index contributed by atoms with van der Waals surface area (Å²) in [6.45, 7) is 16.2. The number of benzene rings is 2. The zero-order valence-electron chi connectivity index (χ0n) is 13.8. The molecule has 0 heteroatoms. The molecule has 2 aromatic rings. The average Bonchev–Trinajstić information content (AvgIpc) is 2.61. The largest absolute Gasteiger partial charge is 0.106 e. The molecular weight excluding hydrogens is 240 g/mol. The Morgan fingerprint density at radius 3 is 1.45 bits per heavy atom. The predicted molar refractivity (Wildman–Crippen MR) is 95.2 cm³/mol. The van der Waals surface area contributed by atoms with Crippen molar-refractivity contribution >= 4 is 0 Å². The summed E-state index contributed by atoms with van der Waals surface area (Å²) in [5.74, 6) is 0. The third-order valence-corrected chi connectivity index (χ3v) is 2.47. The Bertz CT molecular complexity index is 398. The van der Waals surface area contributed by atoms with Crippen LogP contribution in [0, 0.1) is 0 Å². The van der Waals surface area contributed by atoms with E-state index in [-0.39, 0.29) is 0 Å². The molecule has 0 unspecified atom stereocenters. The van der Waals surface area contributed by atoms with E-state index in [4.69, 9.17) is 0 Å². The van der Waals surface area contributed by atoms with Crippen LogP contribution < -0.4 is 0 Å². The minimum Gasteiger partial charge on any atom is -0.106 e. The van der Waals surface area contributed by atoms with E-state index < -0.39 is 0 Å². The zero-order chi connectivity index (χ0) is 15.8. The average molecular weight is 270 g/mol. The van der Waals surface area contributed by atoms with Crippen molar-refractivity contribution in [2.75, 3.05) is 0 Å². The highest BCUT2D eigenvalue weighted by atomic mass is 14.0. The van der Waals surface area contributed by atoms with Crippen molar-refractivity contribution in [2.45, 2.75) is 41.0 Å². The first-order valence-corrected chi connectivity index (χ1v) is 7.54. The molecule has 0 aliphatic heterocycles. The van der Waals surface area contributed by atoms with Gasteiger partial charge < -0.3 is 0 Å². The molecule has 0 bridgehead atoms. The van der Waals surface area contributed by atoms with Crippen LogP contribution in [0.2, 0.25) is 0 Å². The molecule has 0 radical (unpaired) electrons. The normalized spacial score (nSPS) is 7.85. The lowest BCUT2D eigenvalue weighted by atomic mass is 10.0. The number of rotatable bonds is 2. The van der Waals surface area contributed by atoms with Crippen molar-refractivity contribution in [3.63, 3.8) is 0 Å². The summed E-state index contributed by atoms with van der Waals surface area (Å²) in [7, 11) is 0. The third-order valence-electron chi connectivity index (χ3n) is 2.47. The van der Waals surface area contributed by atoms with Crippen LogP contribution in [0.1, 0.15) is 40.2 Å². The van der Waals surface area contributed by atoms with Gasteiger partial charge in [0.2, 0.25) is 0 Å². The molecule has 0 amide bonds. The molecule has 0 atom stereocenters. The number of hydrogen-bond acceptors (Lipinski definition) is 0. The summed E-state index contributed by atoms with van der Waals surface area (Å²) in [6, 6.07) is 19.2. The Morgan fingerprint density at radius 1 is 0.650 bits per heavy atom. The summed E-state index contributed by atoms with van der Waals surface area (Å²) in [5.41, 5.74) is 3.97. The molecule has 2 rings (SSSR count). The maximum atomic E-state index is 3.00. The molecule has 110 valence electrons. The first kappa shape index (κ1) is 20.5. The van der Waals surface area contributed by atoms with E-state index in [1.165, 1.54) is 16.7 Å². The van der Waals surface area contributed by atoms with Crippen LogP contribution in [-0.2, 0) is 6.42 Å².